The zero-order valence-electron chi connectivity index (χ0n) is 13.5. The van der Waals surface area contributed by atoms with Crippen LogP contribution in [0.5, 0.6) is 0 Å². The average Bonchev–Trinajstić information content (AvgIpc) is 2.89. The van der Waals surface area contributed by atoms with Gasteiger partial charge in [-0.1, -0.05) is 68.3 Å². The topological polar surface area (TPSA) is 3.24 Å². The first-order chi connectivity index (χ1) is 10.8. The van der Waals surface area contributed by atoms with Crippen LogP contribution < -0.4 is 0 Å². The fourth-order valence-electron chi connectivity index (χ4n) is 3.27. The SMILES string of the molecule is CCN(CC)CC#CCC1c2ccccc2-c2ccccc21. The molecule has 0 amide bonds. The normalized spacial score (nSPS) is 12.7. The summed E-state index contributed by atoms with van der Waals surface area (Å²) in [7, 11) is 0. The van der Waals surface area contributed by atoms with Gasteiger partial charge in [0.1, 0.15) is 0 Å². The molecule has 0 fully saturated rings. The van der Waals surface area contributed by atoms with Crippen molar-refractivity contribution in [3.8, 4) is 23.0 Å². The lowest BCUT2D eigenvalue weighted by Gasteiger charge is -2.13. The molecule has 2 aromatic rings. The predicted octanol–water partition coefficient (Wildman–Crippen LogP) is 4.53. The van der Waals surface area contributed by atoms with E-state index in [-0.39, 0.29) is 0 Å². The first kappa shape index (κ1) is 14.9. The Morgan fingerprint density at radius 3 is 1.91 bits per heavy atom. The summed E-state index contributed by atoms with van der Waals surface area (Å²) in [5.74, 6) is 7.20. The van der Waals surface area contributed by atoms with Gasteiger partial charge in [0.25, 0.3) is 0 Å². The summed E-state index contributed by atoms with van der Waals surface area (Å²) in [6, 6.07) is 17.5. The Labute approximate surface area is 134 Å². The maximum Gasteiger partial charge on any atom is 0.0601 e. The molecule has 0 spiro atoms. The van der Waals surface area contributed by atoms with Gasteiger partial charge in [0, 0.05) is 12.3 Å². The summed E-state index contributed by atoms with van der Waals surface area (Å²) >= 11 is 0. The first-order valence-electron chi connectivity index (χ1n) is 8.21. The zero-order chi connectivity index (χ0) is 15.4. The minimum Gasteiger partial charge on any atom is -0.293 e. The van der Waals surface area contributed by atoms with Gasteiger partial charge >= 0.3 is 0 Å². The highest BCUT2D eigenvalue weighted by molar-refractivity contribution is 5.78. The number of hydrogen-bond donors (Lipinski definition) is 0. The first-order valence-corrected chi connectivity index (χ1v) is 8.21. The molecule has 0 atom stereocenters. The molecule has 0 heterocycles. The lowest BCUT2D eigenvalue weighted by molar-refractivity contribution is 0.342. The monoisotopic (exact) mass is 289 g/mol. The van der Waals surface area contributed by atoms with Gasteiger partial charge in [-0.25, -0.2) is 0 Å². The van der Waals surface area contributed by atoms with Crippen molar-refractivity contribution in [1.29, 1.82) is 0 Å². The summed E-state index contributed by atoms with van der Waals surface area (Å²) in [5.41, 5.74) is 5.63. The summed E-state index contributed by atoms with van der Waals surface area (Å²) in [6.07, 6.45) is 0.912. The van der Waals surface area contributed by atoms with E-state index < -0.39 is 0 Å². The van der Waals surface area contributed by atoms with Crippen LogP contribution in [-0.2, 0) is 0 Å². The highest BCUT2D eigenvalue weighted by Crippen LogP contribution is 2.45. The van der Waals surface area contributed by atoms with Crippen LogP contribution in [0.25, 0.3) is 11.1 Å². The van der Waals surface area contributed by atoms with Crippen molar-refractivity contribution in [1.82, 2.24) is 4.90 Å². The van der Waals surface area contributed by atoms with Crippen molar-refractivity contribution in [2.24, 2.45) is 0 Å². The molecule has 0 saturated carbocycles. The lowest BCUT2D eigenvalue weighted by Crippen LogP contribution is -2.22. The molecule has 112 valence electrons. The molecule has 1 aliphatic carbocycles. The van der Waals surface area contributed by atoms with Crippen LogP contribution in [0.1, 0.15) is 37.3 Å². The van der Waals surface area contributed by atoms with Gasteiger partial charge in [-0.2, -0.15) is 0 Å². The van der Waals surface area contributed by atoms with E-state index in [2.05, 4.69) is 79.1 Å². The van der Waals surface area contributed by atoms with Crippen LogP contribution in [0.3, 0.4) is 0 Å². The highest BCUT2D eigenvalue weighted by atomic mass is 15.1. The van der Waals surface area contributed by atoms with Crippen molar-refractivity contribution in [2.75, 3.05) is 19.6 Å². The molecule has 0 saturated heterocycles. The van der Waals surface area contributed by atoms with Crippen molar-refractivity contribution in [2.45, 2.75) is 26.2 Å². The van der Waals surface area contributed by atoms with Gasteiger partial charge in [-0.05, 0) is 35.3 Å². The van der Waals surface area contributed by atoms with Gasteiger partial charge in [0.2, 0.25) is 0 Å². The summed E-state index contributed by atoms with van der Waals surface area (Å²) in [6.45, 7) is 7.40. The molecule has 0 aliphatic heterocycles. The predicted molar refractivity (Wildman–Crippen MR) is 93.9 cm³/mol. The Hall–Kier alpha value is -2.04. The van der Waals surface area contributed by atoms with Crippen molar-refractivity contribution >= 4 is 0 Å². The van der Waals surface area contributed by atoms with Crippen LogP contribution in [0, 0.1) is 11.8 Å². The molecular formula is C21H23N. The zero-order valence-corrected chi connectivity index (χ0v) is 13.5. The van der Waals surface area contributed by atoms with Gasteiger partial charge in [0.05, 0.1) is 6.54 Å². The molecular weight excluding hydrogens is 266 g/mol. The van der Waals surface area contributed by atoms with Gasteiger partial charge in [-0.3, -0.25) is 4.90 Å². The molecule has 0 bridgehead atoms. The molecule has 3 rings (SSSR count). The molecule has 1 aliphatic rings. The van der Waals surface area contributed by atoms with E-state index in [4.69, 9.17) is 0 Å². The van der Waals surface area contributed by atoms with Gasteiger partial charge in [0.15, 0.2) is 0 Å². The van der Waals surface area contributed by atoms with E-state index >= 15 is 0 Å². The van der Waals surface area contributed by atoms with Crippen molar-refractivity contribution in [3.63, 3.8) is 0 Å². The number of benzene rings is 2. The molecule has 0 N–H and O–H groups in total. The Morgan fingerprint density at radius 2 is 1.36 bits per heavy atom. The minimum absolute atomic E-state index is 0.427. The maximum atomic E-state index is 3.42. The third kappa shape index (κ3) is 2.80. The van der Waals surface area contributed by atoms with Crippen LogP contribution >= 0.6 is 0 Å². The fraction of sp³-hybridized carbons (Fsp3) is 0.333. The Morgan fingerprint density at radius 1 is 0.818 bits per heavy atom. The van der Waals surface area contributed by atoms with Crippen LogP contribution in [0.15, 0.2) is 48.5 Å². The maximum absolute atomic E-state index is 3.42. The second-order valence-corrected chi connectivity index (χ2v) is 5.75. The molecule has 1 heteroatoms. The van der Waals surface area contributed by atoms with Gasteiger partial charge < -0.3 is 0 Å². The van der Waals surface area contributed by atoms with Crippen molar-refractivity contribution in [3.05, 3.63) is 59.7 Å². The number of rotatable bonds is 4. The van der Waals surface area contributed by atoms with Crippen molar-refractivity contribution < 1.29 is 0 Å². The van der Waals surface area contributed by atoms with Crippen LogP contribution in [0.4, 0.5) is 0 Å². The molecule has 0 unspecified atom stereocenters. The summed E-state index contributed by atoms with van der Waals surface area (Å²) < 4.78 is 0. The number of hydrogen-bond acceptors (Lipinski definition) is 1. The van der Waals surface area contributed by atoms with E-state index in [0.717, 1.165) is 26.1 Å². The lowest BCUT2D eigenvalue weighted by atomic mass is 9.94. The summed E-state index contributed by atoms with van der Waals surface area (Å²) in [5, 5.41) is 0. The van der Waals surface area contributed by atoms with E-state index in [1.54, 1.807) is 0 Å². The molecule has 2 aromatic carbocycles. The third-order valence-electron chi connectivity index (χ3n) is 4.59. The minimum atomic E-state index is 0.427. The molecule has 1 nitrogen and oxygen atoms in total. The Bertz CT molecular complexity index is 656. The number of nitrogens with zero attached hydrogens (tertiary/aromatic N) is 1. The van der Waals surface area contributed by atoms with E-state index in [1.807, 2.05) is 0 Å². The fourth-order valence-corrected chi connectivity index (χ4v) is 3.27. The summed E-state index contributed by atoms with van der Waals surface area (Å²) in [4.78, 5) is 2.35. The van der Waals surface area contributed by atoms with Crippen LogP contribution in [0.2, 0.25) is 0 Å². The second kappa shape index (κ2) is 6.81. The quantitative estimate of drug-likeness (QED) is 0.747. The van der Waals surface area contributed by atoms with Gasteiger partial charge in [-0.15, -0.1) is 5.92 Å². The van der Waals surface area contributed by atoms with E-state index in [9.17, 15) is 0 Å². The highest BCUT2D eigenvalue weighted by Gasteiger charge is 2.26. The smallest absolute Gasteiger partial charge is 0.0601 e. The molecule has 0 aromatic heterocycles. The third-order valence-corrected chi connectivity index (χ3v) is 4.59. The van der Waals surface area contributed by atoms with E-state index in [1.165, 1.54) is 22.3 Å². The molecule has 0 radical (unpaired) electrons. The standard InChI is InChI=1S/C21H23N/c1-3-22(4-2)16-10-9-15-21-19-13-7-5-11-17(19)18-12-6-8-14-20(18)21/h5-8,11-14,21H,3-4,15-16H2,1-2H3. The Balaban J connectivity index is 1.81. The molecule has 22 heavy (non-hydrogen) atoms. The largest absolute Gasteiger partial charge is 0.293 e. The second-order valence-electron chi connectivity index (χ2n) is 5.75. The Kier molecular flexibility index (Phi) is 4.61. The van der Waals surface area contributed by atoms with E-state index in [0.29, 0.717) is 5.92 Å². The van der Waals surface area contributed by atoms with Crippen LogP contribution in [-0.4, -0.2) is 24.5 Å². The number of fused-ring (bicyclic) bond motifs is 3. The average molecular weight is 289 g/mol.